The van der Waals surface area contributed by atoms with E-state index in [1.165, 1.54) is 31.3 Å². The first kappa shape index (κ1) is 16.2. The summed E-state index contributed by atoms with van der Waals surface area (Å²) in [6, 6.07) is 11.7. The molecule has 0 spiro atoms. The van der Waals surface area contributed by atoms with Crippen molar-refractivity contribution in [1.82, 2.24) is 10.3 Å². The largest absolute Gasteiger partial charge is 0.354 e. The topological polar surface area (TPSA) is 54.0 Å². The first-order valence-electron chi connectivity index (χ1n) is 8.54. The molecule has 0 atom stereocenters. The fourth-order valence-corrected chi connectivity index (χ4v) is 2.89. The summed E-state index contributed by atoms with van der Waals surface area (Å²) >= 11 is 0. The number of hydrogen-bond donors (Lipinski definition) is 2. The number of nitrogens with zero attached hydrogens (tertiary/aromatic N) is 1. The molecule has 0 saturated carbocycles. The molecule has 0 bridgehead atoms. The van der Waals surface area contributed by atoms with E-state index >= 15 is 0 Å². The highest BCUT2D eigenvalue weighted by Crippen LogP contribution is 2.19. The van der Waals surface area contributed by atoms with E-state index in [9.17, 15) is 4.79 Å². The van der Waals surface area contributed by atoms with Crippen LogP contribution in [0.3, 0.4) is 0 Å². The number of aromatic nitrogens is 1. The Hall–Kier alpha value is -2.62. The molecule has 0 aliphatic heterocycles. The second-order valence-corrected chi connectivity index (χ2v) is 6.07. The van der Waals surface area contributed by atoms with Gasteiger partial charge < -0.3 is 10.6 Å². The molecule has 1 heterocycles. The van der Waals surface area contributed by atoms with Gasteiger partial charge in [-0.1, -0.05) is 29.8 Å². The maximum Gasteiger partial charge on any atom is 0.252 e. The molecule has 0 unspecified atom stereocenters. The van der Waals surface area contributed by atoms with Gasteiger partial charge in [-0.05, 0) is 50.3 Å². The molecular formula is C20H23N3O. The molecule has 1 aliphatic carbocycles. The van der Waals surface area contributed by atoms with Crippen LogP contribution in [0.25, 0.3) is 0 Å². The van der Waals surface area contributed by atoms with Gasteiger partial charge in [-0.25, -0.2) is 0 Å². The molecule has 1 aromatic carbocycles. The highest BCUT2D eigenvalue weighted by molar-refractivity contribution is 5.94. The summed E-state index contributed by atoms with van der Waals surface area (Å²) in [6.07, 6.45) is 11.5. The molecule has 2 N–H and O–H groups in total. The maximum atomic E-state index is 12.3. The zero-order valence-corrected chi connectivity index (χ0v) is 13.8. The van der Waals surface area contributed by atoms with Gasteiger partial charge in [0.2, 0.25) is 0 Å². The number of anilines is 2. The van der Waals surface area contributed by atoms with Crippen molar-refractivity contribution >= 4 is 17.3 Å². The summed E-state index contributed by atoms with van der Waals surface area (Å²) in [5, 5.41) is 6.25. The number of hydrogen-bond acceptors (Lipinski definition) is 3. The van der Waals surface area contributed by atoms with E-state index in [-0.39, 0.29) is 5.91 Å². The van der Waals surface area contributed by atoms with Crippen LogP contribution in [-0.4, -0.2) is 17.4 Å². The standard InChI is InChI=1S/C20H23N3O/c24-20(22-12-11-16-7-3-1-4-8-16)17-13-19(15-21-14-17)23-18-9-5-2-6-10-18/h2,5-7,9-10,13-15,23H,1,3-4,8,11-12H2,(H,22,24). The minimum Gasteiger partial charge on any atom is -0.354 e. The Morgan fingerprint density at radius 1 is 1.08 bits per heavy atom. The van der Waals surface area contributed by atoms with Crippen LogP contribution in [-0.2, 0) is 0 Å². The van der Waals surface area contributed by atoms with E-state index in [1.54, 1.807) is 12.4 Å². The molecule has 4 heteroatoms. The van der Waals surface area contributed by atoms with Crippen molar-refractivity contribution in [3.8, 4) is 0 Å². The molecule has 1 aliphatic rings. The van der Waals surface area contributed by atoms with Gasteiger partial charge in [-0.2, -0.15) is 0 Å². The summed E-state index contributed by atoms with van der Waals surface area (Å²) < 4.78 is 0. The highest BCUT2D eigenvalue weighted by atomic mass is 16.1. The lowest BCUT2D eigenvalue weighted by atomic mass is 9.97. The number of carbonyl (C=O) groups excluding carboxylic acids is 1. The van der Waals surface area contributed by atoms with Gasteiger partial charge in [0.05, 0.1) is 17.4 Å². The Kier molecular flexibility index (Phi) is 5.61. The summed E-state index contributed by atoms with van der Waals surface area (Å²) in [5.41, 5.74) is 3.83. The van der Waals surface area contributed by atoms with Gasteiger partial charge in [0.1, 0.15) is 0 Å². The smallest absolute Gasteiger partial charge is 0.252 e. The van der Waals surface area contributed by atoms with E-state index in [4.69, 9.17) is 0 Å². The summed E-state index contributed by atoms with van der Waals surface area (Å²) in [7, 11) is 0. The number of benzene rings is 1. The molecule has 4 nitrogen and oxygen atoms in total. The molecule has 0 fully saturated rings. The van der Waals surface area contributed by atoms with Crippen molar-refractivity contribution < 1.29 is 4.79 Å². The van der Waals surface area contributed by atoms with Crippen LogP contribution in [0.1, 0.15) is 42.5 Å². The van der Waals surface area contributed by atoms with Gasteiger partial charge >= 0.3 is 0 Å². The lowest BCUT2D eigenvalue weighted by Crippen LogP contribution is -2.25. The SMILES string of the molecule is O=C(NCCC1=CCCCC1)c1cncc(Nc2ccccc2)c1. The number of amides is 1. The molecule has 124 valence electrons. The van der Waals surface area contributed by atoms with E-state index in [2.05, 4.69) is 21.7 Å². The average molecular weight is 321 g/mol. The molecule has 1 amide bonds. The van der Waals surface area contributed by atoms with Crippen molar-refractivity contribution in [3.63, 3.8) is 0 Å². The zero-order chi connectivity index (χ0) is 16.6. The Bertz CT molecular complexity index is 710. The Labute approximate surface area is 143 Å². The second kappa shape index (κ2) is 8.29. The van der Waals surface area contributed by atoms with E-state index in [0.717, 1.165) is 17.8 Å². The van der Waals surface area contributed by atoms with Crippen molar-refractivity contribution in [2.24, 2.45) is 0 Å². The third-order valence-corrected chi connectivity index (χ3v) is 4.18. The van der Waals surface area contributed by atoms with Gasteiger partial charge in [0.25, 0.3) is 5.91 Å². The minimum absolute atomic E-state index is 0.0735. The van der Waals surface area contributed by atoms with Gasteiger partial charge in [-0.3, -0.25) is 9.78 Å². The lowest BCUT2D eigenvalue weighted by Gasteiger charge is -2.13. The third kappa shape index (κ3) is 4.69. The third-order valence-electron chi connectivity index (χ3n) is 4.18. The molecule has 24 heavy (non-hydrogen) atoms. The van der Waals surface area contributed by atoms with Crippen LogP contribution in [0, 0.1) is 0 Å². The van der Waals surface area contributed by atoms with E-state index < -0.39 is 0 Å². The van der Waals surface area contributed by atoms with Crippen LogP contribution in [0.15, 0.2) is 60.4 Å². The Balaban J connectivity index is 1.55. The Morgan fingerprint density at radius 2 is 1.96 bits per heavy atom. The molecule has 0 saturated heterocycles. The van der Waals surface area contributed by atoms with Crippen LogP contribution in [0.5, 0.6) is 0 Å². The summed E-state index contributed by atoms with van der Waals surface area (Å²) in [4.78, 5) is 16.5. The monoisotopic (exact) mass is 321 g/mol. The van der Waals surface area contributed by atoms with Crippen molar-refractivity contribution in [3.05, 3.63) is 66.0 Å². The quantitative estimate of drug-likeness (QED) is 0.773. The Morgan fingerprint density at radius 3 is 2.75 bits per heavy atom. The number of carbonyl (C=O) groups is 1. The van der Waals surface area contributed by atoms with Gasteiger partial charge in [-0.15, -0.1) is 0 Å². The predicted molar refractivity (Wildman–Crippen MR) is 97.5 cm³/mol. The molecule has 0 radical (unpaired) electrons. The molecule has 3 rings (SSSR count). The van der Waals surface area contributed by atoms with Crippen LogP contribution < -0.4 is 10.6 Å². The number of allylic oxidation sites excluding steroid dienone is 1. The maximum absolute atomic E-state index is 12.3. The molecule has 2 aromatic rings. The number of pyridine rings is 1. The van der Waals surface area contributed by atoms with Crippen molar-refractivity contribution in [2.75, 3.05) is 11.9 Å². The van der Waals surface area contributed by atoms with E-state index in [1.807, 2.05) is 36.4 Å². The average Bonchev–Trinajstić information content (AvgIpc) is 2.64. The number of rotatable bonds is 6. The molecular weight excluding hydrogens is 298 g/mol. The van der Waals surface area contributed by atoms with Crippen molar-refractivity contribution in [1.29, 1.82) is 0 Å². The van der Waals surface area contributed by atoms with Crippen LogP contribution >= 0.6 is 0 Å². The first-order chi connectivity index (χ1) is 11.8. The number of para-hydroxylation sites is 1. The van der Waals surface area contributed by atoms with E-state index in [0.29, 0.717) is 12.1 Å². The lowest BCUT2D eigenvalue weighted by molar-refractivity contribution is 0.0953. The first-order valence-corrected chi connectivity index (χ1v) is 8.54. The summed E-state index contributed by atoms with van der Waals surface area (Å²) in [6.45, 7) is 0.682. The fourth-order valence-electron chi connectivity index (χ4n) is 2.89. The normalized spacial score (nSPS) is 13.9. The van der Waals surface area contributed by atoms with Crippen molar-refractivity contribution in [2.45, 2.75) is 32.1 Å². The highest BCUT2D eigenvalue weighted by Gasteiger charge is 2.08. The van der Waals surface area contributed by atoms with Crippen LogP contribution in [0.4, 0.5) is 11.4 Å². The second-order valence-electron chi connectivity index (χ2n) is 6.07. The summed E-state index contributed by atoms with van der Waals surface area (Å²) in [5.74, 6) is -0.0735. The van der Waals surface area contributed by atoms with Gasteiger partial charge in [0, 0.05) is 18.4 Å². The minimum atomic E-state index is -0.0735. The molecule has 1 aromatic heterocycles. The predicted octanol–water partition coefficient (Wildman–Crippen LogP) is 4.45. The zero-order valence-electron chi connectivity index (χ0n) is 13.8. The number of nitrogens with one attached hydrogen (secondary N) is 2. The van der Waals surface area contributed by atoms with Crippen LogP contribution in [0.2, 0.25) is 0 Å². The van der Waals surface area contributed by atoms with Gasteiger partial charge in [0.15, 0.2) is 0 Å². The fraction of sp³-hybridized carbons (Fsp3) is 0.300.